The molecule has 1 aliphatic heterocycles. The van der Waals surface area contributed by atoms with Crippen LogP contribution in [0.15, 0.2) is 36.5 Å². The topological polar surface area (TPSA) is 77.8 Å². The van der Waals surface area contributed by atoms with Crippen molar-refractivity contribution in [2.45, 2.75) is 37.9 Å². The van der Waals surface area contributed by atoms with E-state index in [1.54, 1.807) is 30.5 Å². The van der Waals surface area contributed by atoms with E-state index in [1.807, 2.05) is 0 Å². The monoisotopic (exact) mass is 424 g/mol. The fourth-order valence-corrected chi connectivity index (χ4v) is 5.77. The summed E-state index contributed by atoms with van der Waals surface area (Å²) < 4.78 is 14.7. The average molecular weight is 425 g/mol. The summed E-state index contributed by atoms with van der Waals surface area (Å²) in [6.07, 6.45) is 2.75. The van der Waals surface area contributed by atoms with E-state index < -0.39 is 11.9 Å². The molecule has 2 heterocycles. The number of nitrogens with one attached hydrogen (secondary N) is 2. The highest BCUT2D eigenvalue weighted by molar-refractivity contribution is 6.29. The van der Waals surface area contributed by atoms with Gasteiger partial charge in [0.05, 0.1) is 12.1 Å². The van der Waals surface area contributed by atoms with Crippen LogP contribution in [0.2, 0.25) is 5.15 Å². The molecule has 154 valence electrons. The summed E-state index contributed by atoms with van der Waals surface area (Å²) in [4.78, 5) is 16.8. The molecule has 2 aromatic rings. The zero-order valence-electron chi connectivity index (χ0n) is 16.5. The van der Waals surface area contributed by atoms with Crippen LogP contribution in [0.25, 0.3) is 11.1 Å². The molecule has 2 bridgehead atoms. The Labute approximate surface area is 179 Å². The van der Waals surface area contributed by atoms with Gasteiger partial charge < -0.3 is 10.6 Å². The molecule has 3 fully saturated rings. The van der Waals surface area contributed by atoms with Crippen LogP contribution in [-0.2, 0) is 11.2 Å². The van der Waals surface area contributed by atoms with Crippen LogP contribution in [0.4, 0.5) is 4.39 Å². The molecule has 1 saturated heterocycles. The molecule has 7 heteroatoms. The fourth-order valence-electron chi connectivity index (χ4n) is 5.65. The Morgan fingerprint density at radius 3 is 2.83 bits per heavy atom. The molecule has 0 unspecified atom stereocenters. The minimum atomic E-state index is -0.775. The summed E-state index contributed by atoms with van der Waals surface area (Å²) in [5.74, 6) is 1.85. The molecule has 5 nitrogen and oxygen atoms in total. The van der Waals surface area contributed by atoms with E-state index in [2.05, 4.69) is 28.6 Å². The van der Waals surface area contributed by atoms with E-state index in [4.69, 9.17) is 11.6 Å². The van der Waals surface area contributed by atoms with Crippen LogP contribution >= 0.6 is 11.6 Å². The predicted molar refractivity (Wildman–Crippen MR) is 111 cm³/mol. The number of carbonyl (C=O) groups excluding carboxylic acids is 1. The Hall–Kier alpha value is -2.49. The maximum Gasteiger partial charge on any atom is 0.238 e. The van der Waals surface area contributed by atoms with E-state index >= 15 is 0 Å². The second kappa shape index (κ2) is 7.33. The minimum Gasteiger partial charge on any atom is -0.339 e. The van der Waals surface area contributed by atoms with E-state index in [9.17, 15) is 14.4 Å². The smallest absolute Gasteiger partial charge is 0.238 e. The first-order chi connectivity index (χ1) is 14.5. The third kappa shape index (κ3) is 3.27. The van der Waals surface area contributed by atoms with Crippen molar-refractivity contribution in [1.82, 2.24) is 15.6 Å². The van der Waals surface area contributed by atoms with E-state index in [1.165, 1.54) is 6.07 Å². The van der Waals surface area contributed by atoms with Gasteiger partial charge in [0.2, 0.25) is 5.91 Å². The third-order valence-electron chi connectivity index (χ3n) is 7.12. The maximum atomic E-state index is 14.7. The second-order valence-corrected chi connectivity index (χ2v) is 9.12. The molecule has 2 saturated carbocycles. The lowest BCUT2D eigenvalue weighted by atomic mass is 9.94. The molecule has 1 aromatic carbocycles. The number of benzene rings is 1. The SMILES string of the molecule is C[C@H]1[C@H]2[C@H]3C[C@H](N[C@@H]3C(=O)N[C@H](C#N)Cc3ccc(-c4ccc(Cl)nc4)cc3F)[C@@H]12. The van der Waals surface area contributed by atoms with Crippen molar-refractivity contribution >= 4 is 17.5 Å². The normalized spacial score (nSPS) is 31.7. The average Bonchev–Trinajstić information content (AvgIpc) is 3.10. The van der Waals surface area contributed by atoms with Crippen molar-refractivity contribution in [1.29, 1.82) is 5.26 Å². The summed E-state index contributed by atoms with van der Waals surface area (Å²) in [7, 11) is 0. The summed E-state index contributed by atoms with van der Waals surface area (Å²) >= 11 is 5.80. The molecule has 1 aromatic heterocycles. The number of fused-ring (bicyclic) bond motifs is 5. The molecule has 1 amide bonds. The number of nitrogens with zero attached hydrogens (tertiary/aromatic N) is 2. The van der Waals surface area contributed by atoms with Crippen molar-refractivity contribution in [3.63, 3.8) is 0 Å². The van der Waals surface area contributed by atoms with E-state index in [0.29, 0.717) is 46.0 Å². The van der Waals surface area contributed by atoms with E-state index in [0.717, 1.165) is 12.0 Å². The molecule has 3 aliphatic rings. The van der Waals surface area contributed by atoms with Crippen LogP contribution in [-0.4, -0.2) is 29.0 Å². The van der Waals surface area contributed by atoms with Crippen LogP contribution in [0.3, 0.4) is 0 Å². The van der Waals surface area contributed by atoms with Gasteiger partial charge in [-0.2, -0.15) is 5.26 Å². The van der Waals surface area contributed by atoms with Crippen molar-refractivity contribution in [2.24, 2.45) is 23.7 Å². The Morgan fingerprint density at radius 1 is 1.37 bits per heavy atom. The molecule has 2 N–H and O–H groups in total. The molecule has 0 spiro atoms. The first kappa shape index (κ1) is 19.5. The Balaban J connectivity index is 1.25. The van der Waals surface area contributed by atoms with Crippen molar-refractivity contribution in [3.05, 3.63) is 53.1 Å². The quantitative estimate of drug-likeness (QED) is 0.722. The summed E-state index contributed by atoms with van der Waals surface area (Å²) in [5, 5.41) is 16.2. The summed E-state index contributed by atoms with van der Waals surface area (Å²) in [6, 6.07) is 9.81. The zero-order valence-corrected chi connectivity index (χ0v) is 17.2. The highest BCUT2D eigenvalue weighted by Gasteiger charge is 2.67. The fraction of sp³-hybridized carbons (Fsp3) is 0.435. The highest BCUT2D eigenvalue weighted by atomic mass is 35.5. The van der Waals surface area contributed by atoms with Gasteiger partial charge in [-0.1, -0.05) is 30.7 Å². The zero-order chi connectivity index (χ0) is 21.0. The molecule has 2 aliphatic carbocycles. The van der Waals surface area contributed by atoms with Gasteiger partial charge in [0.1, 0.15) is 17.0 Å². The van der Waals surface area contributed by atoms with Gasteiger partial charge in [-0.05, 0) is 59.4 Å². The largest absolute Gasteiger partial charge is 0.339 e. The molecule has 7 atom stereocenters. The minimum absolute atomic E-state index is 0.122. The molecule has 5 rings (SSSR count). The van der Waals surface area contributed by atoms with Crippen LogP contribution in [0.5, 0.6) is 0 Å². The predicted octanol–water partition coefficient (Wildman–Crippen LogP) is 3.33. The van der Waals surface area contributed by atoms with E-state index in [-0.39, 0.29) is 18.4 Å². The number of amides is 1. The van der Waals surface area contributed by atoms with Crippen LogP contribution in [0, 0.1) is 40.8 Å². The summed E-state index contributed by atoms with van der Waals surface area (Å²) in [5.41, 5.74) is 1.83. The van der Waals surface area contributed by atoms with Gasteiger partial charge in [-0.15, -0.1) is 0 Å². The third-order valence-corrected chi connectivity index (χ3v) is 7.34. The number of carbonyl (C=O) groups is 1. The number of aromatic nitrogens is 1. The number of pyridine rings is 1. The van der Waals surface area contributed by atoms with Gasteiger partial charge in [0.15, 0.2) is 0 Å². The number of nitriles is 1. The van der Waals surface area contributed by atoms with Crippen molar-refractivity contribution < 1.29 is 9.18 Å². The molecule has 30 heavy (non-hydrogen) atoms. The Morgan fingerprint density at radius 2 is 2.17 bits per heavy atom. The standard InChI is InChI=1S/C23H22ClFN4O/c1-11-20-16-8-18(21(11)20)29-22(16)23(30)28-15(9-26)6-13-3-2-12(7-17(13)25)14-4-5-19(24)27-10-14/h2-5,7,10-11,15-16,18,20-22,29H,6,8H2,1H3,(H,28,30)/t11-,15-,16+,18-,20-,21+,22-/m0/s1. The molecule has 0 radical (unpaired) electrons. The lowest BCUT2D eigenvalue weighted by Crippen LogP contribution is -2.51. The number of hydrogen-bond acceptors (Lipinski definition) is 4. The first-order valence-electron chi connectivity index (χ1n) is 10.3. The number of piperidine rings is 1. The van der Waals surface area contributed by atoms with Crippen LogP contribution in [0.1, 0.15) is 18.9 Å². The Bertz CT molecular complexity index is 1030. The lowest BCUT2D eigenvalue weighted by Gasteiger charge is -2.23. The highest BCUT2D eigenvalue weighted by Crippen LogP contribution is 2.64. The number of hydrogen-bond donors (Lipinski definition) is 2. The van der Waals surface area contributed by atoms with Gasteiger partial charge in [-0.3, -0.25) is 4.79 Å². The number of halogens is 2. The van der Waals surface area contributed by atoms with Gasteiger partial charge in [-0.25, -0.2) is 9.37 Å². The number of rotatable bonds is 5. The van der Waals surface area contributed by atoms with Gasteiger partial charge >= 0.3 is 0 Å². The van der Waals surface area contributed by atoms with Gasteiger partial charge in [0.25, 0.3) is 0 Å². The second-order valence-electron chi connectivity index (χ2n) is 8.73. The van der Waals surface area contributed by atoms with Gasteiger partial charge in [0, 0.05) is 24.2 Å². The summed E-state index contributed by atoms with van der Waals surface area (Å²) in [6.45, 7) is 2.25. The van der Waals surface area contributed by atoms with Crippen LogP contribution < -0.4 is 10.6 Å². The molecular formula is C23H22ClFN4O. The Kier molecular flexibility index (Phi) is 4.76. The van der Waals surface area contributed by atoms with Crippen molar-refractivity contribution in [2.75, 3.05) is 0 Å². The maximum absolute atomic E-state index is 14.7. The first-order valence-corrected chi connectivity index (χ1v) is 10.7. The molecular weight excluding hydrogens is 403 g/mol. The lowest BCUT2D eigenvalue weighted by molar-refractivity contribution is -0.124. The van der Waals surface area contributed by atoms with Crippen molar-refractivity contribution in [3.8, 4) is 17.2 Å².